The molecule has 0 radical (unpaired) electrons. The van der Waals surface area contributed by atoms with Gasteiger partial charge in [0.2, 0.25) is 5.91 Å². The molecule has 0 aliphatic carbocycles. The highest BCUT2D eigenvalue weighted by atomic mass is 16.6. The smallest absolute Gasteiger partial charge is 0.226 e. The molecule has 4 rings (SSSR count). The van der Waals surface area contributed by atoms with E-state index < -0.39 is 0 Å². The minimum absolute atomic E-state index is 0.0487. The average molecular weight is 351 g/mol. The Morgan fingerprint density at radius 3 is 2.73 bits per heavy atom. The van der Waals surface area contributed by atoms with Crippen molar-refractivity contribution in [3.8, 4) is 11.5 Å². The number of carbonyl (C=O) groups is 1. The van der Waals surface area contributed by atoms with E-state index in [1.807, 2.05) is 16.7 Å². The molecule has 6 nitrogen and oxygen atoms in total. The molecule has 0 saturated heterocycles. The summed E-state index contributed by atoms with van der Waals surface area (Å²) in [5.74, 6) is 1.33. The zero-order chi connectivity index (χ0) is 18.1. The number of imidazole rings is 1. The van der Waals surface area contributed by atoms with Gasteiger partial charge in [0.15, 0.2) is 11.5 Å². The van der Waals surface area contributed by atoms with E-state index in [4.69, 9.17) is 9.47 Å². The molecule has 6 heteroatoms. The molecule has 1 aliphatic heterocycles. The van der Waals surface area contributed by atoms with Crippen molar-refractivity contribution in [3.63, 3.8) is 0 Å². The fourth-order valence-corrected chi connectivity index (χ4v) is 3.06. The number of anilines is 1. The maximum absolute atomic E-state index is 12.3. The average Bonchev–Trinajstić information content (AvgIpc) is 3.02. The summed E-state index contributed by atoms with van der Waals surface area (Å²) in [6, 6.07) is 9.64. The molecule has 0 spiro atoms. The first-order valence-corrected chi connectivity index (χ1v) is 8.72. The van der Waals surface area contributed by atoms with Crippen LogP contribution >= 0.6 is 0 Å². The van der Waals surface area contributed by atoms with E-state index in [0.717, 1.165) is 11.0 Å². The van der Waals surface area contributed by atoms with Crippen molar-refractivity contribution in [2.45, 2.75) is 26.8 Å². The standard InChI is InChI=1S/C20H21N3O3/c1-13-9-16-17(10-14(13)2)23(12-21-16)6-5-20(24)22-15-3-4-18-19(11-15)26-8-7-25-18/h3-4,9-12H,5-8H2,1-2H3,(H,22,24). The van der Waals surface area contributed by atoms with Crippen molar-refractivity contribution in [1.82, 2.24) is 9.55 Å². The van der Waals surface area contributed by atoms with Gasteiger partial charge in [-0.05, 0) is 49.2 Å². The lowest BCUT2D eigenvalue weighted by Crippen LogP contribution is -2.17. The Bertz CT molecular complexity index is 978. The summed E-state index contributed by atoms with van der Waals surface area (Å²) in [7, 11) is 0. The molecule has 2 heterocycles. The van der Waals surface area contributed by atoms with Crippen LogP contribution in [0.3, 0.4) is 0 Å². The third-order valence-electron chi connectivity index (χ3n) is 4.64. The Hall–Kier alpha value is -3.02. The second-order valence-corrected chi connectivity index (χ2v) is 6.52. The predicted octanol–water partition coefficient (Wildman–Crippen LogP) is 3.45. The highest BCUT2D eigenvalue weighted by molar-refractivity contribution is 5.91. The first-order chi connectivity index (χ1) is 12.6. The Labute approximate surface area is 151 Å². The summed E-state index contributed by atoms with van der Waals surface area (Å²) in [4.78, 5) is 16.7. The Morgan fingerprint density at radius 1 is 1.12 bits per heavy atom. The third kappa shape index (κ3) is 3.22. The van der Waals surface area contributed by atoms with Crippen LogP contribution in [0.2, 0.25) is 0 Å². The number of aromatic nitrogens is 2. The highest BCUT2D eigenvalue weighted by Gasteiger charge is 2.13. The normalized spacial score (nSPS) is 13.0. The number of rotatable bonds is 4. The fourth-order valence-electron chi connectivity index (χ4n) is 3.06. The molecule has 0 unspecified atom stereocenters. The number of hydrogen-bond acceptors (Lipinski definition) is 4. The molecule has 1 N–H and O–H groups in total. The summed E-state index contributed by atoms with van der Waals surface area (Å²) in [5.41, 5.74) is 5.17. The molecule has 1 aromatic heterocycles. The second kappa shape index (κ2) is 6.71. The van der Waals surface area contributed by atoms with Crippen LogP contribution in [0.25, 0.3) is 11.0 Å². The van der Waals surface area contributed by atoms with Crippen LogP contribution in [-0.4, -0.2) is 28.7 Å². The highest BCUT2D eigenvalue weighted by Crippen LogP contribution is 2.32. The van der Waals surface area contributed by atoms with Crippen molar-refractivity contribution >= 4 is 22.6 Å². The molecule has 0 bridgehead atoms. The van der Waals surface area contributed by atoms with Crippen LogP contribution < -0.4 is 14.8 Å². The number of nitrogens with one attached hydrogen (secondary N) is 1. The zero-order valence-corrected chi connectivity index (χ0v) is 14.9. The maximum atomic E-state index is 12.3. The van der Waals surface area contributed by atoms with Crippen LogP contribution in [0.4, 0.5) is 5.69 Å². The predicted molar refractivity (Wildman–Crippen MR) is 99.9 cm³/mol. The van der Waals surface area contributed by atoms with Gasteiger partial charge < -0.3 is 19.4 Å². The van der Waals surface area contributed by atoms with Gasteiger partial charge in [-0.2, -0.15) is 0 Å². The molecule has 3 aromatic rings. The number of aryl methyl sites for hydroxylation is 3. The first kappa shape index (κ1) is 16.4. The molecular weight excluding hydrogens is 330 g/mol. The van der Waals surface area contributed by atoms with Crippen molar-refractivity contribution in [1.29, 1.82) is 0 Å². The van der Waals surface area contributed by atoms with E-state index in [1.165, 1.54) is 11.1 Å². The summed E-state index contributed by atoms with van der Waals surface area (Å²) in [6.45, 7) is 5.82. The van der Waals surface area contributed by atoms with Gasteiger partial charge in [0.25, 0.3) is 0 Å². The van der Waals surface area contributed by atoms with Gasteiger partial charge in [-0.3, -0.25) is 4.79 Å². The summed E-state index contributed by atoms with van der Waals surface area (Å²) in [6.07, 6.45) is 2.16. The van der Waals surface area contributed by atoms with Crippen LogP contribution in [0.5, 0.6) is 11.5 Å². The van der Waals surface area contributed by atoms with E-state index in [1.54, 1.807) is 12.4 Å². The Morgan fingerprint density at radius 2 is 1.88 bits per heavy atom. The van der Waals surface area contributed by atoms with E-state index in [0.29, 0.717) is 43.4 Å². The third-order valence-corrected chi connectivity index (χ3v) is 4.64. The van der Waals surface area contributed by atoms with Crippen LogP contribution in [0, 0.1) is 13.8 Å². The monoisotopic (exact) mass is 351 g/mol. The zero-order valence-electron chi connectivity index (χ0n) is 14.9. The second-order valence-electron chi connectivity index (χ2n) is 6.52. The number of amides is 1. The first-order valence-electron chi connectivity index (χ1n) is 8.72. The molecule has 0 fully saturated rings. The minimum Gasteiger partial charge on any atom is -0.486 e. The van der Waals surface area contributed by atoms with Crippen LogP contribution in [0.1, 0.15) is 17.5 Å². The Balaban J connectivity index is 1.42. The largest absolute Gasteiger partial charge is 0.486 e. The van der Waals surface area contributed by atoms with Gasteiger partial charge in [0.05, 0.1) is 17.4 Å². The molecule has 134 valence electrons. The number of benzene rings is 2. The van der Waals surface area contributed by atoms with Crippen molar-refractivity contribution in [2.75, 3.05) is 18.5 Å². The van der Waals surface area contributed by atoms with Crippen molar-refractivity contribution in [2.24, 2.45) is 0 Å². The van der Waals surface area contributed by atoms with Gasteiger partial charge >= 0.3 is 0 Å². The lowest BCUT2D eigenvalue weighted by molar-refractivity contribution is -0.116. The van der Waals surface area contributed by atoms with Crippen molar-refractivity contribution < 1.29 is 14.3 Å². The Kier molecular flexibility index (Phi) is 4.24. The fraction of sp³-hybridized carbons (Fsp3) is 0.300. The molecule has 2 aromatic carbocycles. The van der Waals surface area contributed by atoms with Crippen LogP contribution in [0.15, 0.2) is 36.7 Å². The van der Waals surface area contributed by atoms with Gasteiger partial charge in [-0.1, -0.05) is 0 Å². The molecule has 1 aliphatic rings. The quantitative estimate of drug-likeness (QED) is 0.782. The molecule has 1 amide bonds. The SMILES string of the molecule is Cc1cc2ncn(CCC(=O)Nc3ccc4c(c3)OCCO4)c2cc1C. The van der Waals surface area contributed by atoms with Crippen molar-refractivity contribution in [3.05, 3.63) is 47.8 Å². The number of ether oxygens (including phenoxy) is 2. The van der Waals surface area contributed by atoms with E-state index in [9.17, 15) is 4.79 Å². The van der Waals surface area contributed by atoms with Gasteiger partial charge in [-0.15, -0.1) is 0 Å². The topological polar surface area (TPSA) is 65.4 Å². The summed E-state index contributed by atoms with van der Waals surface area (Å²) >= 11 is 0. The lowest BCUT2D eigenvalue weighted by atomic mass is 10.1. The number of nitrogens with zero attached hydrogens (tertiary/aromatic N) is 2. The van der Waals surface area contributed by atoms with E-state index in [2.05, 4.69) is 36.3 Å². The number of hydrogen-bond donors (Lipinski definition) is 1. The maximum Gasteiger partial charge on any atom is 0.226 e. The molecule has 26 heavy (non-hydrogen) atoms. The van der Waals surface area contributed by atoms with Gasteiger partial charge in [-0.25, -0.2) is 4.98 Å². The molecular formula is C20H21N3O3. The van der Waals surface area contributed by atoms with E-state index in [-0.39, 0.29) is 5.91 Å². The van der Waals surface area contributed by atoms with Gasteiger partial charge in [0, 0.05) is 24.7 Å². The molecule has 0 saturated carbocycles. The summed E-state index contributed by atoms with van der Waals surface area (Å²) in [5, 5.41) is 2.91. The van der Waals surface area contributed by atoms with E-state index >= 15 is 0 Å². The molecule has 0 atom stereocenters. The van der Waals surface area contributed by atoms with Crippen LogP contribution in [-0.2, 0) is 11.3 Å². The summed E-state index contributed by atoms with van der Waals surface area (Å²) < 4.78 is 13.1. The van der Waals surface area contributed by atoms with Gasteiger partial charge in [0.1, 0.15) is 13.2 Å². The number of fused-ring (bicyclic) bond motifs is 2. The lowest BCUT2D eigenvalue weighted by Gasteiger charge is -2.19. The number of carbonyl (C=O) groups excluding carboxylic acids is 1. The minimum atomic E-state index is -0.0487.